The Bertz CT molecular complexity index is 656. The number of nitrogens with one attached hydrogen (secondary N) is 1. The molecule has 3 rings (SSSR count). The number of piperidine rings is 1. The molecule has 1 N–H and O–H groups in total. The second kappa shape index (κ2) is 6.37. The van der Waals surface area contributed by atoms with Gasteiger partial charge in [-0.1, -0.05) is 0 Å². The van der Waals surface area contributed by atoms with Crippen LogP contribution in [0.4, 0.5) is 5.95 Å². The van der Waals surface area contributed by atoms with E-state index in [0.29, 0.717) is 6.54 Å². The van der Waals surface area contributed by atoms with Crippen LogP contribution in [0.15, 0.2) is 6.20 Å². The molecule has 2 amide bonds. The normalized spacial score (nSPS) is 22.4. The molecule has 7 nitrogen and oxygen atoms in total. The molecule has 1 fully saturated rings. The van der Waals surface area contributed by atoms with Gasteiger partial charge in [-0.2, -0.15) is 0 Å². The minimum Gasteiger partial charge on any atom is -0.347 e. The van der Waals surface area contributed by atoms with Crippen molar-refractivity contribution < 1.29 is 9.59 Å². The van der Waals surface area contributed by atoms with Gasteiger partial charge in [-0.15, -0.1) is 0 Å². The Labute approximate surface area is 142 Å². The number of hydrogen-bond donors (Lipinski definition) is 1. The molecule has 0 saturated carbocycles. The van der Waals surface area contributed by atoms with Crippen LogP contribution in [0.25, 0.3) is 0 Å². The molecule has 1 saturated heterocycles. The first-order valence-electron chi connectivity index (χ1n) is 8.47. The van der Waals surface area contributed by atoms with Gasteiger partial charge in [0.05, 0.1) is 12.2 Å². The van der Waals surface area contributed by atoms with E-state index in [0.717, 1.165) is 43.9 Å². The molecule has 1 atom stereocenters. The number of hydrogen-bond acceptors (Lipinski definition) is 5. The number of likely N-dealkylation sites (tertiary alicyclic amines) is 1. The van der Waals surface area contributed by atoms with Crippen LogP contribution >= 0.6 is 0 Å². The zero-order chi connectivity index (χ0) is 17.3. The van der Waals surface area contributed by atoms with Gasteiger partial charge in [-0.25, -0.2) is 9.97 Å². The molecule has 24 heavy (non-hydrogen) atoms. The summed E-state index contributed by atoms with van der Waals surface area (Å²) >= 11 is 0. The maximum absolute atomic E-state index is 12.4. The number of rotatable bonds is 3. The highest BCUT2D eigenvalue weighted by Crippen LogP contribution is 2.44. The van der Waals surface area contributed by atoms with Crippen molar-refractivity contribution in [2.45, 2.75) is 38.0 Å². The van der Waals surface area contributed by atoms with Crippen molar-refractivity contribution >= 4 is 17.8 Å². The third-order valence-electron chi connectivity index (χ3n) is 5.05. The van der Waals surface area contributed by atoms with E-state index in [-0.39, 0.29) is 23.8 Å². The minimum atomic E-state index is -0.176. The lowest BCUT2D eigenvalue weighted by Gasteiger charge is -2.40. The van der Waals surface area contributed by atoms with Gasteiger partial charge in [0.15, 0.2) is 0 Å². The topological polar surface area (TPSA) is 78.4 Å². The summed E-state index contributed by atoms with van der Waals surface area (Å²) in [5.74, 6) is 0.529. The van der Waals surface area contributed by atoms with Gasteiger partial charge >= 0.3 is 0 Å². The first-order chi connectivity index (χ1) is 11.4. The van der Waals surface area contributed by atoms with E-state index in [2.05, 4.69) is 10.3 Å². The average Bonchev–Trinajstić information content (AvgIpc) is 2.90. The van der Waals surface area contributed by atoms with Crippen LogP contribution in [-0.4, -0.2) is 60.4 Å². The fourth-order valence-corrected chi connectivity index (χ4v) is 3.80. The van der Waals surface area contributed by atoms with Gasteiger partial charge in [0, 0.05) is 45.7 Å². The number of amides is 2. The Hall–Kier alpha value is -2.18. The number of carbonyl (C=O) groups excluding carboxylic acids is 2. The molecule has 1 aliphatic carbocycles. The Morgan fingerprint density at radius 2 is 2.17 bits per heavy atom. The second-order valence-electron chi connectivity index (χ2n) is 7.05. The van der Waals surface area contributed by atoms with E-state index in [1.165, 1.54) is 12.5 Å². The first-order valence-corrected chi connectivity index (χ1v) is 8.47. The Kier molecular flexibility index (Phi) is 4.43. The quantitative estimate of drug-likeness (QED) is 0.872. The Morgan fingerprint density at radius 1 is 1.38 bits per heavy atom. The molecule has 2 heterocycles. The minimum absolute atomic E-state index is 0.0142. The van der Waals surface area contributed by atoms with E-state index in [9.17, 15) is 9.59 Å². The van der Waals surface area contributed by atoms with Crippen molar-refractivity contribution in [2.24, 2.45) is 0 Å². The molecule has 130 valence electrons. The molecular weight excluding hydrogens is 306 g/mol. The molecule has 0 bridgehead atoms. The SMILES string of the molecule is CC(=O)NCC(=O)N1CCCC2(CCc3cnc(N(C)C)nc32)C1. The highest BCUT2D eigenvalue weighted by atomic mass is 16.2. The molecule has 1 unspecified atom stereocenters. The highest BCUT2D eigenvalue weighted by Gasteiger charge is 2.44. The predicted octanol–water partition coefficient (Wildman–Crippen LogP) is 0.485. The number of fused-ring (bicyclic) bond motifs is 2. The predicted molar refractivity (Wildman–Crippen MR) is 90.9 cm³/mol. The molecule has 0 aromatic carbocycles. The highest BCUT2D eigenvalue weighted by molar-refractivity contribution is 5.83. The van der Waals surface area contributed by atoms with Gasteiger partial charge in [-0.05, 0) is 31.2 Å². The maximum atomic E-state index is 12.4. The van der Waals surface area contributed by atoms with E-state index >= 15 is 0 Å². The van der Waals surface area contributed by atoms with Gasteiger partial charge in [-0.3, -0.25) is 9.59 Å². The number of aryl methyl sites for hydroxylation is 1. The monoisotopic (exact) mass is 331 g/mol. The second-order valence-corrected chi connectivity index (χ2v) is 7.05. The summed E-state index contributed by atoms with van der Waals surface area (Å²) in [7, 11) is 3.88. The van der Waals surface area contributed by atoms with Gasteiger partial charge in [0.2, 0.25) is 17.8 Å². The molecule has 2 aliphatic rings. The van der Waals surface area contributed by atoms with Crippen molar-refractivity contribution in [3.8, 4) is 0 Å². The summed E-state index contributed by atoms with van der Waals surface area (Å²) in [5.41, 5.74) is 2.25. The van der Waals surface area contributed by atoms with Crippen LogP contribution in [0.5, 0.6) is 0 Å². The molecule has 1 aromatic rings. The summed E-state index contributed by atoms with van der Waals surface area (Å²) < 4.78 is 0. The van der Waals surface area contributed by atoms with Crippen LogP contribution in [0.1, 0.15) is 37.4 Å². The lowest BCUT2D eigenvalue weighted by Crippen LogP contribution is -2.50. The number of aromatic nitrogens is 2. The van der Waals surface area contributed by atoms with Crippen LogP contribution < -0.4 is 10.2 Å². The van der Waals surface area contributed by atoms with Gasteiger partial charge < -0.3 is 15.1 Å². The van der Waals surface area contributed by atoms with E-state index < -0.39 is 0 Å². The van der Waals surface area contributed by atoms with Crippen LogP contribution in [0.3, 0.4) is 0 Å². The molecule has 1 aliphatic heterocycles. The summed E-state index contributed by atoms with van der Waals surface area (Å²) in [6.45, 7) is 2.94. The summed E-state index contributed by atoms with van der Waals surface area (Å²) in [6, 6.07) is 0. The van der Waals surface area contributed by atoms with Crippen LogP contribution in [0.2, 0.25) is 0 Å². The number of carbonyl (C=O) groups is 2. The van der Waals surface area contributed by atoms with E-state index in [1.807, 2.05) is 30.1 Å². The van der Waals surface area contributed by atoms with Gasteiger partial charge in [0.25, 0.3) is 0 Å². The Balaban J connectivity index is 1.81. The van der Waals surface area contributed by atoms with Crippen LogP contribution in [0, 0.1) is 0 Å². The largest absolute Gasteiger partial charge is 0.347 e. The molecular formula is C17H25N5O2. The number of nitrogens with zero attached hydrogens (tertiary/aromatic N) is 4. The standard InChI is InChI=1S/C17H25N5O2/c1-12(23)18-10-14(24)22-8-4-6-17(11-22)7-5-13-9-19-16(21(2)3)20-15(13)17/h9H,4-8,10-11H2,1-3H3,(H,18,23). The molecule has 7 heteroatoms. The van der Waals surface area contributed by atoms with Crippen molar-refractivity contribution in [3.63, 3.8) is 0 Å². The third kappa shape index (κ3) is 3.07. The lowest BCUT2D eigenvalue weighted by molar-refractivity contribution is -0.134. The third-order valence-corrected chi connectivity index (χ3v) is 5.05. The summed E-state index contributed by atoms with van der Waals surface area (Å²) in [6.07, 6.45) is 5.93. The van der Waals surface area contributed by atoms with Crippen LogP contribution in [-0.2, 0) is 21.4 Å². The molecule has 1 spiro atoms. The van der Waals surface area contributed by atoms with Crippen molar-refractivity contribution in [2.75, 3.05) is 38.6 Å². The van der Waals surface area contributed by atoms with Crippen molar-refractivity contribution in [3.05, 3.63) is 17.5 Å². The Morgan fingerprint density at radius 3 is 2.88 bits per heavy atom. The van der Waals surface area contributed by atoms with E-state index in [4.69, 9.17) is 4.98 Å². The summed E-state index contributed by atoms with van der Waals surface area (Å²) in [4.78, 5) is 36.5. The maximum Gasteiger partial charge on any atom is 0.241 e. The van der Waals surface area contributed by atoms with E-state index in [1.54, 1.807) is 0 Å². The average molecular weight is 331 g/mol. The zero-order valence-corrected chi connectivity index (χ0v) is 14.6. The summed E-state index contributed by atoms with van der Waals surface area (Å²) in [5, 5.41) is 2.60. The zero-order valence-electron chi connectivity index (χ0n) is 14.6. The fraction of sp³-hybridized carbons (Fsp3) is 0.647. The van der Waals surface area contributed by atoms with Crippen molar-refractivity contribution in [1.29, 1.82) is 0 Å². The first kappa shape index (κ1) is 16.7. The lowest BCUT2D eigenvalue weighted by atomic mass is 9.77. The molecule has 0 radical (unpaired) electrons. The van der Waals surface area contributed by atoms with Crippen molar-refractivity contribution in [1.82, 2.24) is 20.2 Å². The number of anilines is 1. The van der Waals surface area contributed by atoms with Gasteiger partial charge in [0.1, 0.15) is 0 Å². The fourth-order valence-electron chi connectivity index (χ4n) is 3.80. The molecule has 1 aromatic heterocycles. The smallest absolute Gasteiger partial charge is 0.241 e.